The van der Waals surface area contributed by atoms with Crippen molar-refractivity contribution in [1.82, 2.24) is 15.3 Å². The van der Waals surface area contributed by atoms with Crippen LogP contribution >= 0.6 is 0 Å². The molecule has 1 aliphatic rings. The van der Waals surface area contributed by atoms with Gasteiger partial charge in [-0.25, -0.2) is 0 Å². The van der Waals surface area contributed by atoms with Crippen LogP contribution < -0.4 is 5.32 Å². The van der Waals surface area contributed by atoms with E-state index in [2.05, 4.69) is 20.4 Å². The second-order valence-corrected chi connectivity index (χ2v) is 6.45. The molecule has 2 aromatic heterocycles. The van der Waals surface area contributed by atoms with Crippen molar-refractivity contribution in [3.05, 3.63) is 65.5 Å². The van der Waals surface area contributed by atoms with E-state index in [-0.39, 0.29) is 5.91 Å². The van der Waals surface area contributed by atoms with Gasteiger partial charge in [0.2, 0.25) is 0 Å². The molecule has 0 unspecified atom stereocenters. The van der Waals surface area contributed by atoms with E-state index in [1.807, 2.05) is 49.4 Å². The molecule has 0 fully saturated rings. The maximum Gasteiger partial charge on any atom is 0.253 e. The Morgan fingerprint density at radius 2 is 1.96 bits per heavy atom. The number of nitrogens with zero attached hydrogens (tertiary/aromatic N) is 2. The Hall–Kier alpha value is -3.41. The largest absolute Gasteiger partial charge is 0.399 e. The summed E-state index contributed by atoms with van der Waals surface area (Å²) < 4.78 is 0. The summed E-state index contributed by atoms with van der Waals surface area (Å²) >= 11 is 0. The van der Waals surface area contributed by atoms with Crippen LogP contribution in [0.2, 0.25) is 0 Å². The lowest BCUT2D eigenvalue weighted by Gasteiger charge is -2.11. The number of rotatable bonds is 4. The fourth-order valence-corrected chi connectivity index (χ4v) is 3.28. The summed E-state index contributed by atoms with van der Waals surface area (Å²) in [5.74, 6) is -0.0169. The van der Waals surface area contributed by atoms with Gasteiger partial charge in [-0.1, -0.05) is 29.4 Å². The highest BCUT2D eigenvalue weighted by Gasteiger charge is 2.20. The molecule has 2 N–H and O–H groups in total. The van der Waals surface area contributed by atoms with Crippen LogP contribution in [-0.2, 0) is 11.3 Å². The van der Waals surface area contributed by atoms with Crippen LogP contribution in [0.5, 0.6) is 0 Å². The minimum atomic E-state index is -0.0169. The molecule has 3 aromatic rings. The summed E-state index contributed by atoms with van der Waals surface area (Å²) in [7, 11) is 1.54. The highest BCUT2D eigenvalue weighted by atomic mass is 16.6. The standard InChI is InChI=1S/C21H20N4O2/c1-13(25-27-2)14-3-5-15(6-4-14)19-11-16(7-9-22-19)20-12-17-18(24-20)8-10-23-21(17)26/h3-7,9,11-12,24H,8,10H2,1-2H3,(H,23,26)/b25-13+. The van der Waals surface area contributed by atoms with E-state index in [4.69, 9.17) is 4.84 Å². The third-order valence-electron chi connectivity index (χ3n) is 4.70. The van der Waals surface area contributed by atoms with Crippen LogP contribution in [0.3, 0.4) is 0 Å². The van der Waals surface area contributed by atoms with Crippen molar-refractivity contribution in [2.75, 3.05) is 13.7 Å². The fourth-order valence-electron chi connectivity index (χ4n) is 3.28. The molecule has 6 heteroatoms. The molecule has 4 rings (SSSR count). The number of pyridine rings is 1. The average Bonchev–Trinajstić information content (AvgIpc) is 3.14. The summed E-state index contributed by atoms with van der Waals surface area (Å²) in [6.07, 6.45) is 2.61. The molecule has 0 spiro atoms. The van der Waals surface area contributed by atoms with E-state index >= 15 is 0 Å². The number of carbonyl (C=O) groups excluding carboxylic acids is 1. The first-order chi connectivity index (χ1) is 13.2. The van der Waals surface area contributed by atoms with Crippen molar-refractivity contribution in [2.45, 2.75) is 13.3 Å². The number of H-pyrrole nitrogens is 1. The van der Waals surface area contributed by atoms with Gasteiger partial charge in [-0.05, 0) is 30.7 Å². The van der Waals surface area contributed by atoms with E-state index in [0.717, 1.165) is 51.5 Å². The van der Waals surface area contributed by atoms with Crippen molar-refractivity contribution in [2.24, 2.45) is 5.16 Å². The molecule has 3 heterocycles. The topological polar surface area (TPSA) is 79.4 Å². The van der Waals surface area contributed by atoms with Gasteiger partial charge in [-0.15, -0.1) is 0 Å². The van der Waals surface area contributed by atoms with Gasteiger partial charge in [0.05, 0.1) is 17.0 Å². The van der Waals surface area contributed by atoms with Gasteiger partial charge in [-0.2, -0.15) is 0 Å². The zero-order valence-electron chi connectivity index (χ0n) is 15.2. The quantitative estimate of drug-likeness (QED) is 0.553. The predicted octanol–water partition coefficient (Wildman–Crippen LogP) is 3.40. The Morgan fingerprint density at radius 1 is 1.15 bits per heavy atom. The summed E-state index contributed by atoms with van der Waals surface area (Å²) in [6.45, 7) is 2.58. The number of carbonyl (C=O) groups is 1. The number of hydrogen-bond acceptors (Lipinski definition) is 4. The zero-order chi connectivity index (χ0) is 18.8. The molecule has 1 aliphatic heterocycles. The van der Waals surface area contributed by atoms with Crippen molar-refractivity contribution in [1.29, 1.82) is 0 Å². The first-order valence-electron chi connectivity index (χ1n) is 8.81. The number of benzene rings is 1. The summed E-state index contributed by atoms with van der Waals surface area (Å²) in [4.78, 5) is 24.7. The molecule has 136 valence electrons. The summed E-state index contributed by atoms with van der Waals surface area (Å²) in [6, 6.07) is 13.9. The maximum atomic E-state index is 12.0. The Balaban J connectivity index is 1.65. The summed E-state index contributed by atoms with van der Waals surface area (Å²) in [5.41, 5.74) is 7.36. The molecule has 1 aromatic carbocycles. The fraction of sp³-hybridized carbons (Fsp3) is 0.190. The number of amides is 1. The SMILES string of the molecule is CO/N=C(\C)c1ccc(-c2cc(-c3cc4c([nH]3)CCNC4=O)ccn2)cc1. The number of oxime groups is 1. The van der Waals surface area contributed by atoms with Crippen LogP contribution in [-0.4, -0.2) is 35.2 Å². The van der Waals surface area contributed by atoms with Crippen LogP contribution in [0.15, 0.2) is 53.8 Å². The Kier molecular flexibility index (Phi) is 4.46. The average molecular weight is 360 g/mol. The molecule has 0 saturated carbocycles. The van der Waals surface area contributed by atoms with Crippen LogP contribution in [0.4, 0.5) is 0 Å². The van der Waals surface area contributed by atoms with Crippen molar-refractivity contribution in [3.63, 3.8) is 0 Å². The molecular weight excluding hydrogens is 340 g/mol. The number of nitrogens with one attached hydrogen (secondary N) is 2. The van der Waals surface area contributed by atoms with Crippen molar-refractivity contribution < 1.29 is 9.63 Å². The molecule has 0 radical (unpaired) electrons. The number of fused-ring (bicyclic) bond motifs is 1. The normalized spacial score (nSPS) is 13.9. The van der Waals surface area contributed by atoms with Gasteiger partial charge < -0.3 is 15.1 Å². The Morgan fingerprint density at radius 3 is 2.70 bits per heavy atom. The predicted molar refractivity (Wildman–Crippen MR) is 105 cm³/mol. The second kappa shape index (κ2) is 7.07. The lowest BCUT2D eigenvalue weighted by atomic mass is 10.0. The number of aromatic amines is 1. The number of hydrogen-bond donors (Lipinski definition) is 2. The van der Waals surface area contributed by atoms with E-state index < -0.39 is 0 Å². The lowest BCUT2D eigenvalue weighted by Crippen LogP contribution is -2.31. The minimum absolute atomic E-state index is 0.0169. The molecule has 0 bridgehead atoms. The van der Waals surface area contributed by atoms with Gasteiger partial charge in [0.1, 0.15) is 7.11 Å². The molecule has 27 heavy (non-hydrogen) atoms. The highest BCUT2D eigenvalue weighted by molar-refractivity contribution is 5.99. The molecule has 0 atom stereocenters. The Bertz CT molecular complexity index is 1020. The zero-order valence-corrected chi connectivity index (χ0v) is 15.2. The maximum absolute atomic E-state index is 12.0. The molecule has 6 nitrogen and oxygen atoms in total. The van der Waals surface area contributed by atoms with Crippen LogP contribution in [0.1, 0.15) is 28.5 Å². The van der Waals surface area contributed by atoms with Gasteiger partial charge in [0, 0.05) is 41.7 Å². The van der Waals surface area contributed by atoms with Gasteiger partial charge in [0.25, 0.3) is 5.91 Å². The van der Waals surface area contributed by atoms with Gasteiger partial charge in [-0.3, -0.25) is 9.78 Å². The van der Waals surface area contributed by atoms with E-state index in [9.17, 15) is 4.79 Å². The third-order valence-corrected chi connectivity index (χ3v) is 4.70. The van der Waals surface area contributed by atoms with E-state index in [1.54, 1.807) is 6.20 Å². The first-order valence-corrected chi connectivity index (χ1v) is 8.81. The number of aromatic nitrogens is 2. The van der Waals surface area contributed by atoms with E-state index in [1.165, 1.54) is 7.11 Å². The monoisotopic (exact) mass is 360 g/mol. The molecule has 0 aliphatic carbocycles. The van der Waals surface area contributed by atoms with Crippen LogP contribution in [0.25, 0.3) is 22.5 Å². The first kappa shape index (κ1) is 17.0. The smallest absolute Gasteiger partial charge is 0.253 e. The minimum Gasteiger partial charge on any atom is -0.399 e. The molecular formula is C21H20N4O2. The lowest BCUT2D eigenvalue weighted by molar-refractivity contribution is 0.0946. The molecule has 0 saturated heterocycles. The highest BCUT2D eigenvalue weighted by Crippen LogP contribution is 2.27. The van der Waals surface area contributed by atoms with Gasteiger partial charge in [0.15, 0.2) is 0 Å². The third kappa shape index (κ3) is 3.33. The molecule has 1 amide bonds. The summed E-state index contributed by atoms with van der Waals surface area (Å²) in [5, 5.41) is 6.83. The van der Waals surface area contributed by atoms with E-state index in [0.29, 0.717) is 6.54 Å². The van der Waals surface area contributed by atoms with Crippen molar-refractivity contribution in [3.8, 4) is 22.5 Å². The van der Waals surface area contributed by atoms with Crippen molar-refractivity contribution >= 4 is 11.6 Å². The van der Waals surface area contributed by atoms with Gasteiger partial charge >= 0.3 is 0 Å². The van der Waals surface area contributed by atoms with Crippen LogP contribution in [0, 0.1) is 0 Å². The Labute approximate surface area is 157 Å². The second-order valence-electron chi connectivity index (χ2n) is 6.45.